The van der Waals surface area contributed by atoms with E-state index in [-0.39, 0.29) is 17.9 Å². The first-order valence-corrected chi connectivity index (χ1v) is 4.94. The van der Waals surface area contributed by atoms with Crippen molar-refractivity contribution in [3.05, 3.63) is 23.3 Å². The zero-order valence-corrected chi connectivity index (χ0v) is 9.25. The quantitative estimate of drug-likeness (QED) is 0.550. The number of phenolic OH excluding ortho intramolecular Hbond substituents is 2. The highest BCUT2D eigenvalue weighted by Crippen LogP contribution is 2.27. The van der Waals surface area contributed by atoms with E-state index >= 15 is 0 Å². The maximum atomic E-state index is 11.6. The number of hydrogen-bond donors (Lipinski definition) is 4. The Morgan fingerprint density at radius 2 is 2.06 bits per heavy atom. The molecule has 0 saturated carbocycles. The van der Waals surface area contributed by atoms with Crippen LogP contribution in [0.4, 0.5) is 0 Å². The first-order valence-electron chi connectivity index (χ1n) is 4.94. The standard InChI is InChI=1S/C11H14O6/c1-6-2-7(13)3-9(15)10(6)11(16)17-5-8(14)4-12/h2-3,8,12-15H,4-5H2,1H3/t8-/m1/s1. The second kappa shape index (κ2) is 5.51. The first kappa shape index (κ1) is 13.3. The van der Waals surface area contributed by atoms with Gasteiger partial charge in [0.25, 0.3) is 0 Å². The molecular formula is C11H14O6. The maximum Gasteiger partial charge on any atom is 0.342 e. The summed E-state index contributed by atoms with van der Waals surface area (Å²) in [6, 6.07) is 2.32. The molecule has 1 atom stereocenters. The Morgan fingerprint density at radius 3 is 2.59 bits per heavy atom. The maximum absolute atomic E-state index is 11.6. The third kappa shape index (κ3) is 3.33. The number of rotatable bonds is 4. The Bertz CT molecular complexity index is 391. The van der Waals surface area contributed by atoms with Gasteiger partial charge in [0, 0.05) is 6.07 Å². The van der Waals surface area contributed by atoms with Gasteiger partial charge >= 0.3 is 5.97 Å². The molecule has 0 aliphatic carbocycles. The van der Waals surface area contributed by atoms with Crippen LogP contribution in [0.15, 0.2) is 12.1 Å². The number of esters is 1. The summed E-state index contributed by atoms with van der Waals surface area (Å²) in [6.07, 6.45) is -1.15. The van der Waals surface area contributed by atoms with Crippen LogP contribution in [-0.2, 0) is 4.74 Å². The molecule has 0 amide bonds. The van der Waals surface area contributed by atoms with E-state index in [4.69, 9.17) is 14.9 Å². The van der Waals surface area contributed by atoms with Crippen LogP contribution < -0.4 is 0 Å². The highest BCUT2D eigenvalue weighted by atomic mass is 16.5. The van der Waals surface area contributed by atoms with Gasteiger partial charge in [-0.3, -0.25) is 0 Å². The second-order valence-corrected chi connectivity index (χ2v) is 3.59. The fourth-order valence-electron chi connectivity index (χ4n) is 1.31. The molecular weight excluding hydrogens is 228 g/mol. The van der Waals surface area contributed by atoms with Crippen molar-refractivity contribution in [2.75, 3.05) is 13.2 Å². The SMILES string of the molecule is Cc1cc(O)cc(O)c1C(=O)OC[C@H](O)CO. The fraction of sp³-hybridized carbons (Fsp3) is 0.364. The number of carbonyl (C=O) groups excluding carboxylic acids is 1. The van der Waals surface area contributed by atoms with Crippen molar-refractivity contribution in [1.82, 2.24) is 0 Å². The molecule has 6 heteroatoms. The molecule has 4 N–H and O–H groups in total. The zero-order valence-electron chi connectivity index (χ0n) is 9.25. The highest BCUT2D eigenvalue weighted by Gasteiger charge is 2.18. The third-order valence-electron chi connectivity index (χ3n) is 2.12. The smallest absolute Gasteiger partial charge is 0.342 e. The molecule has 17 heavy (non-hydrogen) atoms. The van der Waals surface area contributed by atoms with E-state index in [0.29, 0.717) is 5.56 Å². The van der Waals surface area contributed by atoms with Crippen LogP contribution in [0.1, 0.15) is 15.9 Å². The fourth-order valence-corrected chi connectivity index (χ4v) is 1.31. The lowest BCUT2D eigenvalue weighted by Gasteiger charge is -2.11. The van der Waals surface area contributed by atoms with Crippen molar-refractivity contribution in [2.24, 2.45) is 0 Å². The van der Waals surface area contributed by atoms with Gasteiger partial charge in [-0.25, -0.2) is 4.79 Å². The Hall–Kier alpha value is -1.79. The van der Waals surface area contributed by atoms with Gasteiger partial charge in [0.2, 0.25) is 0 Å². The Balaban J connectivity index is 2.82. The van der Waals surface area contributed by atoms with Crippen LogP contribution in [0.25, 0.3) is 0 Å². The molecule has 1 aromatic rings. The van der Waals surface area contributed by atoms with Crippen LogP contribution >= 0.6 is 0 Å². The van der Waals surface area contributed by atoms with Gasteiger partial charge in [0.05, 0.1) is 6.61 Å². The summed E-state index contributed by atoms with van der Waals surface area (Å²) in [4.78, 5) is 11.6. The minimum absolute atomic E-state index is 0.0760. The summed E-state index contributed by atoms with van der Waals surface area (Å²) in [5.74, 6) is -1.38. The highest BCUT2D eigenvalue weighted by molar-refractivity contribution is 5.94. The number of aliphatic hydroxyl groups excluding tert-OH is 2. The minimum atomic E-state index is -1.15. The summed E-state index contributed by atoms with van der Waals surface area (Å²) < 4.78 is 4.69. The molecule has 0 bridgehead atoms. The summed E-state index contributed by atoms with van der Waals surface area (Å²) >= 11 is 0. The number of benzene rings is 1. The lowest BCUT2D eigenvalue weighted by atomic mass is 10.1. The van der Waals surface area contributed by atoms with E-state index < -0.39 is 24.4 Å². The molecule has 0 heterocycles. The molecule has 0 radical (unpaired) electrons. The van der Waals surface area contributed by atoms with E-state index in [9.17, 15) is 15.0 Å². The van der Waals surface area contributed by atoms with Crippen LogP contribution in [0.2, 0.25) is 0 Å². The summed E-state index contributed by atoms with van der Waals surface area (Å²) in [5.41, 5.74) is 0.277. The zero-order chi connectivity index (χ0) is 13.0. The van der Waals surface area contributed by atoms with Crippen molar-refractivity contribution in [1.29, 1.82) is 0 Å². The lowest BCUT2D eigenvalue weighted by molar-refractivity contribution is 0.00907. The molecule has 6 nitrogen and oxygen atoms in total. The van der Waals surface area contributed by atoms with Gasteiger partial charge in [-0.2, -0.15) is 0 Å². The van der Waals surface area contributed by atoms with Gasteiger partial charge in [-0.15, -0.1) is 0 Å². The molecule has 1 rings (SSSR count). The number of aryl methyl sites for hydroxylation is 1. The first-order chi connectivity index (χ1) is 7.95. The molecule has 94 valence electrons. The van der Waals surface area contributed by atoms with Crippen LogP contribution in [0.5, 0.6) is 11.5 Å². The topological polar surface area (TPSA) is 107 Å². The number of ether oxygens (including phenoxy) is 1. The molecule has 0 aliphatic heterocycles. The van der Waals surface area contributed by atoms with Gasteiger partial charge in [-0.05, 0) is 18.6 Å². The van der Waals surface area contributed by atoms with Crippen molar-refractivity contribution in [3.63, 3.8) is 0 Å². The van der Waals surface area contributed by atoms with E-state index in [0.717, 1.165) is 6.07 Å². The van der Waals surface area contributed by atoms with Crippen LogP contribution in [0.3, 0.4) is 0 Å². The van der Waals surface area contributed by atoms with Gasteiger partial charge in [-0.1, -0.05) is 0 Å². The number of aromatic hydroxyl groups is 2. The average Bonchev–Trinajstić information content (AvgIpc) is 2.24. The normalized spacial score (nSPS) is 12.2. The third-order valence-corrected chi connectivity index (χ3v) is 2.12. The number of hydrogen-bond acceptors (Lipinski definition) is 6. The number of phenols is 2. The number of carbonyl (C=O) groups is 1. The Kier molecular flexibility index (Phi) is 4.30. The molecule has 0 fully saturated rings. The lowest BCUT2D eigenvalue weighted by Crippen LogP contribution is -2.22. The molecule has 0 aliphatic rings. The molecule has 0 saturated heterocycles. The summed E-state index contributed by atoms with van der Waals surface area (Å²) in [5, 5.41) is 36.2. The van der Waals surface area contributed by atoms with E-state index in [1.165, 1.54) is 13.0 Å². The van der Waals surface area contributed by atoms with Crippen molar-refractivity contribution in [2.45, 2.75) is 13.0 Å². The Labute approximate surface area is 97.7 Å². The largest absolute Gasteiger partial charge is 0.508 e. The monoisotopic (exact) mass is 242 g/mol. The Morgan fingerprint density at radius 1 is 1.41 bits per heavy atom. The molecule has 0 spiro atoms. The van der Waals surface area contributed by atoms with Crippen molar-refractivity contribution >= 4 is 5.97 Å². The second-order valence-electron chi connectivity index (χ2n) is 3.59. The van der Waals surface area contributed by atoms with Crippen molar-refractivity contribution in [3.8, 4) is 11.5 Å². The molecule has 1 aromatic carbocycles. The van der Waals surface area contributed by atoms with E-state index in [1.54, 1.807) is 0 Å². The van der Waals surface area contributed by atoms with Crippen LogP contribution in [-0.4, -0.2) is 45.7 Å². The predicted molar refractivity (Wildman–Crippen MR) is 57.9 cm³/mol. The van der Waals surface area contributed by atoms with Gasteiger partial charge in [0.1, 0.15) is 29.8 Å². The molecule has 0 unspecified atom stereocenters. The summed E-state index contributed by atoms with van der Waals surface area (Å²) in [7, 11) is 0. The van der Waals surface area contributed by atoms with Gasteiger partial charge in [0.15, 0.2) is 0 Å². The van der Waals surface area contributed by atoms with Crippen molar-refractivity contribution < 1.29 is 30.0 Å². The number of aliphatic hydroxyl groups is 2. The average molecular weight is 242 g/mol. The van der Waals surface area contributed by atoms with E-state index in [1.807, 2.05) is 0 Å². The molecule has 0 aromatic heterocycles. The van der Waals surface area contributed by atoms with E-state index in [2.05, 4.69) is 0 Å². The summed E-state index contributed by atoms with van der Waals surface area (Å²) in [6.45, 7) is 0.640. The predicted octanol–water partition coefficient (Wildman–Crippen LogP) is -0.0838. The van der Waals surface area contributed by atoms with Gasteiger partial charge < -0.3 is 25.2 Å². The van der Waals surface area contributed by atoms with Crippen LogP contribution in [0, 0.1) is 6.92 Å². The minimum Gasteiger partial charge on any atom is -0.508 e.